The molecule has 0 aromatic heterocycles. The van der Waals surface area contributed by atoms with Crippen molar-refractivity contribution in [2.75, 3.05) is 0 Å². The van der Waals surface area contributed by atoms with Gasteiger partial charge in [-0.2, -0.15) is 0 Å². The molecule has 1 rings (SSSR count). The number of halogens is 1. The van der Waals surface area contributed by atoms with Crippen molar-refractivity contribution in [3.63, 3.8) is 0 Å². The Labute approximate surface area is 123 Å². The van der Waals surface area contributed by atoms with Crippen LogP contribution in [0, 0.1) is 5.82 Å². The van der Waals surface area contributed by atoms with Gasteiger partial charge in [0, 0.05) is 17.2 Å². The number of thiocarbonyl (C=S) groups is 1. The topological polar surface area (TPSA) is 53.2 Å². The maximum Gasteiger partial charge on any atom is 0.262 e. The molecule has 1 aromatic rings. The third-order valence-corrected chi connectivity index (χ3v) is 2.31. The van der Waals surface area contributed by atoms with Gasteiger partial charge in [-0.05, 0) is 45.1 Å². The standard InChI is InChI=1S/C14H18FN3OS/c1-14(2,3)16-13(20)18-17-12(19)9-8-10-6-4-5-7-11(10)15/h4-9H,1-3H3,(H,17,19)(H2,16,18,20)/b9-8+. The van der Waals surface area contributed by atoms with Crippen LogP contribution in [0.25, 0.3) is 6.08 Å². The second-order valence-electron chi connectivity index (χ2n) is 5.17. The maximum absolute atomic E-state index is 13.3. The van der Waals surface area contributed by atoms with Crippen molar-refractivity contribution >= 4 is 29.3 Å². The van der Waals surface area contributed by atoms with E-state index >= 15 is 0 Å². The number of amides is 1. The molecule has 0 spiro atoms. The summed E-state index contributed by atoms with van der Waals surface area (Å²) in [6.07, 6.45) is 2.62. The first-order valence-electron chi connectivity index (χ1n) is 6.09. The Kier molecular flexibility index (Phi) is 5.64. The summed E-state index contributed by atoms with van der Waals surface area (Å²) in [6, 6.07) is 6.20. The van der Waals surface area contributed by atoms with Crippen molar-refractivity contribution in [1.82, 2.24) is 16.2 Å². The molecule has 0 aliphatic heterocycles. The van der Waals surface area contributed by atoms with E-state index in [1.807, 2.05) is 20.8 Å². The zero-order chi connectivity index (χ0) is 15.2. The number of nitrogens with one attached hydrogen (secondary N) is 3. The van der Waals surface area contributed by atoms with Crippen LogP contribution in [0.5, 0.6) is 0 Å². The SMILES string of the molecule is CC(C)(C)NC(=S)NNC(=O)/C=C/c1ccccc1F. The minimum absolute atomic E-state index is 0.197. The van der Waals surface area contributed by atoms with Crippen LogP contribution >= 0.6 is 12.2 Å². The molecule has 6 heteroatoms. The minimum atomic E-state index is -0.425. The molecule has 0 bridgehead atoms. The average Bonchev–Trinajstić information content (AvgIpc) is 2.33. The molecule has 0 heterocycles. The van der Waals surface area contributed by atoms with Gasteiger partial charge in [0.2, 0.25) is 0 Å². The third kappa shape index (κ3) is 6.29. The minimum Gasteiger partial charge on any atom is -0.357 e. The number of hydrogen-bond acceptors (Lipinski definition) is 2. The second-order valence-corrected chi connectivity index (χ2v) is 5.58. The van der Waals surface area contributed by atoms with Gasteiger partial charge in [0.05, 0.1) is 0 Å². The summed E-state index contributed by atoms with van der Waals surface area (Å²) >= 11 is 5.00. The maximum atomic E-state index is 13.3. The first-order chi connectivity index (χ1) is 9.28. The lowest BCUT2D eigenvalue weighted by Gasteiger charge is -2.22. The largest absolute Gasteiger partial charge is 0.357 e. The fourth-order valence-electron chi connectivity index (χ4n) is 1.31. The Hall–Kier alpha value is -1.95. The molecule has 1 aromatic carbocycles. The molecular formula is C14H18FN3OS. The van der Waals surface area contributed by atoms with Crippen molar-refractivity contribution in [2.45, 2.75) is 26.3 Å². The fourth-order valence-corrected chi connectivity index (χ4v) is 1.66. The van der Waals surface area contributed by atoms with E-state index in [4.69, 9.17) is 12.2 Å². The van der Waals surface area contributed by atoms with E-state index in [2.05, 4.69) is 16.2 Å². The molecule has 4 nitrogen and oxygen atoms in total. The Morgan fingerprint density at radius 3 is 2.50 bits per heavy atom. The lowest BCUT2D eigenvalue weighted by Crippen LogP contribution is -2.51. The van der Waals surface area contributed by atoms with E-state index in [-0.39, 0.29) is 11.4 Å². The molecule has 0 aliphatic rings. The van der Waals surface area contributed by atoms with Crippen LogP contribution in [0.1, 0.15) is 26.3 Å². The first-order valence-corrected chi connectivity index (χ1v) is 6.49. The number of benzene rings is 1. The monoisotopic (exact) mass is 295 g/mol. The van der Waals surface area contributed by atoms with Gasteiger partial charge < -0.3 is 5.32 Å². The summed E-state index contributed by atoms with van der Waals surface area (Å²) in [4.78, 5) is 11.5. The molecule has 0 radical (unpaired) electrons. The van der Waals surface area contributed by atoms with E-state index in [1.54, 1.807) is 18.2 Å². The van der Waals surface area contributed by atoms with Crippen LogP contribution in [-0.2, 0) is 4.79 Å². The van der Waals surface area contributed by atoms with Gasteiger partial charge in [0.25, 0.3) is 5.91 Å². The smallest absolute Gasteiger partial charge is 0.262 e. The van der Waals surface area contributed by atoms with Crippen LogP contribution in [0.15, 0.2) is 30.3 Å². The molecule has 0 atom stereocenters. The predicted octanol–water partition coefficient (Wildman–Crippen LogP) is 2.13. The Morgan fingerprint density at radius 1 is 1.25 bits per heavy atom. The van der Waals surface area contributed by atoms with Crippen molar-refractivity contribution < 1.29 is 9.18 Å². The summed E-state index contributed by atoms with van der Waals surface area (Å²) in [6.45, 7) is 5.84. The molecule has 3 N–H and O–H groups in total. The third-order valence-electron chi connectivity index (χ3n) is 2.11. The average molecular weight is 295 g/mol. The van der Waals surface area contributed by atoms with Crippen LogP contribution < -0.4 is 16.2 Å². The lowest BCUT2D eigenvalue weighted by atomic mass is 10.1. The predicted molar refractivity (Wildman–Crippen MR) is 82.2 cm³/mol. The fraction of sp³-hybridized carbons (Fsp3) is 0.286. The van der Waals surface area contributed by atoms with Gasteiger partial charge >= 0.3 is 0 Å². The van der Waals surface area contributed by atoms with Crippen molar-refractivity contribution in [2.24, 2.45) is 0 Å². The van der Waals surface area contributed by atoms with Gasteiger partial charge in [-0.3, -0.25) is 15.6 Å². The Morgan fingerprint density at radius 2 is 1.90 bits per heavy atom. The van der Waals surface area contributed by atoms with Gasteiger partial charge in [0.1, 0.15) is 5.82 Å². The van der Waals surface area contributed by atoms with Crippen LogP contribution in [-0.4, -0.2) is 16.6 Å². The normalized spacial score (nSPS) is 11.2. The molecule has 0 unspecified atom stereocenters. The van der Waals surface area contributed by atoms with Crippen LogP contribution in [0.4, 0.5) is 4.39 Å². The summed E-state index contributed by atoms with van der Waals surface area (Å²) in [5.74, 6) is -0.805. The van der Waals surface area contributed by atoms with E-state index < -0.39 is 5.91 Å². The molecule has 1 amide bonds. The molecule has 0 aliphatic carbocycles. The lowest BCUT2D eigenvalue weighted by molar-refractivity contribution is -0.117. The molecular weight excluding hydrogens is 277 g/mol. The van der Waals surface area contributed by atoms with E-state index in [0.29, 0.717) is 10.7 Å². The molecule has 0 saturated heterocycles. The summed E-state index contributed by atoms with van der Waals surface area (Å²) in [5.41, 5.74) is 5.11. The van der Waals surface area contributed by atoms with Gasteiger partial charge in [-0.25, -0.2) is 4.39 Å². The van der Waals surface area contributed by atoms with Crippen LogP contribution in [0.3, 0.4) is 0 Å². The van der Waals surface area contributed by atoms with E-state index in [1.165, 1.54) is 18.2 Å². The highest BCUT2D eigenvalue weighted by atomic mass is 32.1. The van der Waals surface area contributed by atoms with Crippen molar-refractivity contribution in [3.05, 3.63) is 41.7 Å². The Balaban J connectivity index is 2.45. The number of carbonyl (C=O) groups is 1. The highest BCUT2D eigenvalue weighted by Crippen LogP contribution is 2.07. The number of carbonyl (C=O) groups excluding carboxylic acids is 1. The van der Waals surface area contributed by atoms with Gasteiger partial charge in [0.15, 0.2) is 5.11 Å². The van der Waals surface area contributed by atoms with Crippen molar-refractivity contribution in [3.8, 4) is 0 Å². The summed E-state index contributed by atoms with van der Waals surface area (Å²) in [7, 11) is 0. The number of hydrazine groups is 1. The van der Waals surface area contributed by atoms with E-state index in [0.717, 1.165) is 0 Å². The summed E-state index contributed by atoms with van der Waals surface area (Å²) in [5, 5.41) is 3.29. The Bertz CT molecular complexity index is 523. The zero-order valence-corrected chi connectivity index (χ0v) is 12.5. The van der Waals surface area contributed by atoms with Crippen LogP contribution in [0.2, 0.25) is 0 Å². The highest BCUT2D eigenvalue weighted by molar-refractivity contribution is 7.80. The van der Waals surface area contributed by atoms with Gasteiger partial charge in [-0.1, -0.05) is 18.2 Å². The van der Waals surface area contributed by atoms with Crippen molar-refractivity contribution in [1.29, 1.82) is 0 Å². The quantitative estimate of drug-likeness (QED) is 0.444. The molecule has 20 heavy (non-hydrogen) atoms. The van der Waals surface area contributed by atoms with E-state index in [9.17, 15) is 9.18 Å². The highest BCUT2D eigenvalue weighted by Gasteiger charge is 2.10. The first kappa shape index (κ1) is 16.1. The number of hydrogen-bond donors (Lipinski definition) is 3. The van der Waals surface area contributed by atoms with Gasteiger partial charge in [-0.15, -0.1) is 0 Å². The molecule has 0 fully saturated rings. The summed E-state index contributed by atoms with van der Waals surface area (Å²) < 4.78 is 13.3. The number of rotatable bonds is 2. The molecule has 108 valence electrons. The molecule has 0 saturated carbocycles. The zero-order valence-electron chi connectivity index (χ0n) is 11.7. The second kappa shape index (κ2) is 7.00.